The number of nitrogens with zero attached hydrogens (tertiary/aromatic N) is 2. The number of hydrogen-bond donors (Lipinski definition) is 1. The molecule has 0 radical (unpaired) electrons. The number of para-hydroxylation sites is 2. The molecule has 1 atom stereocenters. The van der Waals surface area contributed by atoms with Crippen molar-refractivity contribution in [2.45, 2.75) is 17.5 Å². The third-order valence-electron chi connectivity index (χ3n) is 5.11. The Morgan fingerprint density at radius 2 is 1.97 bits per heavy atom. The molecule has 3 heterocycles. The molecule has 1 aliphatic rings. The van der Waals surface area contributed by atoms with Gasteiger partial charge in [-0.1, -0.05) is 42.1 Å². The Hall–Kier alpha value is -3.59. The molecule has 162 valence electrons. The molecule has 2 aromatic carbocycles. The molecule has 4 aromatic rings. The highest BCUT2D eigenvalue weighted by atomic mass is 32.2. The number of ether oxygens (including phenoxy) is 2. The van der Waals surface area contributed by atoms with E-state index in [0.717, 1.165) is 16.7 Å². The van der Waals surface area contributed by atoms with Crippen molar-refractivity contribution in [3.8, 4) is 5.75 Å². The maximum Gasteiger partial charge on any atom is 0.316 e. The van der Waals surface area contributed by atoms with E-state index in [1.165, 1.54) is 18.1 Å². The van der Waals surface area contributed by atoms with Gasteiger partial charge < -0.3 is 19.2 Å². The number of aromatic nitrogens is 2. The van der Waals surface area contributed by atoms with Crippen molar-refractivity contribution in [2.75, 3.05) is 19.0 Å². The van der Waals surface area contributed by atoms with Crippen LogP contribution in [-0.2, 0) is 14.3 Å². The minimum atomic E-state index is -0.514. The molecule has 1 amide bonds. The molecule has 5 rings (SSSR count). The lowest BCUT2D eigenvalue weighted by Crippen LogP contribution is -2.35. The van der Waals surface area contributed by atoms with Crippen LogP contribution < -0.4 is 10.1 Å². The fourth-order valence-electron chi connectivity index (χ4n) is 3.65. The van der Waals surface area contributed by atoms with Gasteiger partial charge in [0, 0.05) is 17.4 Å². The number of furan rings is 1. The van der Waals surface area contributed by atoms with Crippen LogP contribution in [0.5, 0.6) is 5.75 Å². The first kappa shape index (κ1) is 20.3. The lowest BCUT2D eigenvalue weighted by molar-refractivity contribution is -0.146. The van der Waals surface area contributed by atoms with Gasteiger partial charge in [-0.05, 0) is 18.2 Å². The number of nitrogens with one attached hydrogen (secondary N) is 1. The fraction of sp³-hybridized carbons (Fsp3) is 0.217. The summed E-state index contributed by atoms with van der Waals surface area (Å²) in [6, 6.07) is 15.0. The van der Waals surface area contributed by atoms with Crippen LogP contribution in [-0.4, -0.2) is 40.8 Å². The number of thioether (sulfide) groups is 1. The van der Waals surface area contributed by atoms with Crippen LogP contribution in [0.25, 0.3) is 22.1 Å². The summed E-state index contributed by atoms with van der Waals surface area (Å²) >= 11 is 1.18. The largest absolute Gasteiger partial charge is 0.493 e. The molecule has 8 nitrogen and oxygen atoms in total. The van der Waals surface area contributed by atoms with Crippen LogP contribution in [0.2, 0.25) is 0 Å². The third kappa shape index (κ3) is 4.11. The van der Waals surface area contributed by atoms with E-state index in [9.17, 15) is 9.59 Å². The summed E-state index contributed by atoms with van der Waals surface area (Å²) in [5, 5.41) is 4.34. The minimum Gasteiger partial charge on any atom is -0.493 e. The monoisotopic (exact) mass is 449 g/mol. The quantitative estimate of drug-likeness (QED) is 0.270. The Morgan fingerprint density at radius 3 is 2.91 bits per heavy atom. The van der Waals surface area contributed by atoms with Crippen molar-refractivity contribution in [2.24, 2.45) is 0 Å². The summed E-state index contributed by atoms with van der Waals surface area (Å²) in [7, 11) is 0. The lowest BCUT2D eigenvalue weighted by Gasteiger charge is -2.26. The Bertz CT molecular complexity index is 1310. The Balaban J connectivity index is 1.16. The van der Waals surface area contributed by atoms with Gasteiger partial charge in [0.15, 0.2) is 12.2 Å². The second-order valence-electron chi connectivity index (χ2n) is 7.20. The summed E-state index contributed by atoms with van der Waals surface area (Å²) in [5.41, 5.74) is 2.86. The number of rotatable bonds is 6. The fourth-order valence-corrected chi connectivity index (χ4v) is 4.38. The second kappa shape index (κ2) is 8.88. The summed E-state index contributed by atoms with van der Waals surface area (Å²) in [6.07, 6.45) is 2.10. The van der Waals surface area contributed by atoms with E-state index in [1.807, 2.05) is 48.5 Å². The number of hydrogen-bond acceptors (Lipinski definition) is 8. The highest BCUT2D eigenvalue weighted by Gasteiger charge is 2.23. The number of carbonyl (C=O) groups excluding carboxylic acids is 2. The molecule has 0 aliphatic carbocycles. The van der Waals surface area contributed by atoms with Crippen LogP contribution in [0.4, 0.5) is 0 Å². The van der Waals surface area contributed by atoms with E-state index >= 15 is 0 Å². The lowest BCUT2D eigenvalue weighted by atomic mass is 10.0. The topological polar surface area (TPSA) is 104 Å². The molecular formula is C23H19N3O5S. The van der Waals surface area contributed by atoms with Gasteiger partial charge in [-0.3, -0.25) is 9.59 Å². The zero-order valence-corrected chi connectivity index (χ0v) is 17.8. The maximum absolute atomic E-state index is 12.3. The first-order valence-electron chi connectivity index (χ1n) is 10.1. The van der Waals surface area contributed by atoms with Crippen LogP contribution in [0.1, 0.15) is 18.0 Å². The van der Waals surface area contributed by atoms with Gasteiger partial charge in [-0.15, -0.1) is 0 Å². The molecule has 1 N–H and O–H groups in total. The molecule has 1 aliphatic heterocycles. The highest BCUT2D eigenvalue weighted by molar-refractivity contribution is 8.00. The van der Waals surface area contributed by atoms with E-state index < -0.39 is 5.97 Å². The molecule has 0 fully saturated rings. The van der Waals surface area contributed by atoms with E-state index in [1.54, 1.807) is 0 Å². The van der Waals surface area contributed by atoms with Crippen LogP contribution >= 0.6 is 11.8 Å². The summed E-state index contributed by atoms with van der Waals surface area (Å²) in [6.45, 7) is 0.177. The van der Waals surface area contributed by atoms with Crippen molar-refractivity contribution in [3.63, 3.8) is 0 Å². The predicted octanol–water partition coefficient (Wildman–Crippen LogP) is 3.65. The molecule has 0 bridgehead atoms. The minimum absolute atomic E-state index is 0.00343. The average molecular weight is 449 g/mol. The SMILES string of the molecule is O=C(COC(=O)CSc1ncnc2c1oc1ccccc12)NC1CCOc2ccccc21. The molecule has 2 aromatic heterocycles. The third-order valence-corrected chi connectivity index (χ3v) is 6.05. The molecule has 0 saturated heterocycles. The van der Waals surface area contributed by atoms with Crippen molar-refractivity contribution < 1.29 is 23.5 Å². The van der Waals surface area contributed by atoms with Crippen LogP contribution in [0.15, 0.2) is 64.3 Å². The molecule has 9 heteroatoms. The first-order chi connectivity index (χ1) is 15.7. The van der Waals surface area contributed by atoms with Gasteiger partial charge >= 0.3 is 5.97 Å². The van der Waals surface area contributed by atoms with Crippen LogP contribution in [0.3, 0.4) is 0 Å². The Kier molecular flexibility index (Phi) is 5.64. The number of benzene rings is 2. The van der Waals surface area contributed by atoms with Crippen LogP contribution in [0, 0.1) is 0 Å². The predicted molar refractivity (Wildman–Crippen MR) is 118 cm³/mol. The maximum atomic E-state index is 12.3. The number of esters is 1. The Morgan fingerprint density at radius 1 is 1.12 bits per heavy atom. The van der Waals surface area contributed by atoms with E-state index in [-0.39, 0.29) is 24.3 Å². The average Bonchev–Trinajstić information content (AvgIpc) is 3.21. The molecule has 0 saturated carbocycles. The van der Waals surface area contributed by atoms with Crippen molar-refractivity contribution >= 4 is 45.7 Å². The first-order valence-corrected chi connectivity index (χ1v) is 11.1. The van der Waals surface area contributed by atoms with Gasteiger partial charge in [0.1, 0.15) is 28.2 Å². The summed E-state index contributed by atoms with van der Waals surface area (Å²) in [5.74, 6) is -0.109. The van der Waals surface area contributed by atoms with E-state index in [2.05, 4.69) is 15.3 Å². The number of carbonyl (C=O) groups is 2. The standard InChI is InChI=1S/C23H19N3O5S/c27-19(26-16-9-10-29-17-7-3-1-5-14(16)17)11-30-20(28)12-32-23-22-21(24-13-25-23)15-6-2-4-8-18(15)31-22/h1-8,13,16H,9-12H2,(H,26,27). The van der Waals surface area contributed by atoms with Gasteiger partial charge in [-0.25, -0.2) is 9.97 Å². The normalized spacial score (nSPS) is 15.2. The van der Waals surface area contributed by atoms with Gasteiger partial charge in [0.05, 0.1) is 18.4 Å². The second-order valence-corrected chi connectivity index (χ2v) is 8.16. The zero-order chi connectivity index (χ0) is 21.9. The molecular weight excluding hydrogens is 430 g/mol. The summed E-state index contributed by atoms with van der Waals surface area (Å²) < 4.78 is 16.6. The Labute approximate surface area is 187 Å². The number of amides is 1. The van der Waals surface area contributed by atoms with Crippen molar-refractivity contribution in [3.05, 3.63) is 60.4 Å². The van der Waals surface area contributed by atoms with Crippen molar-refractivity contribution in [1.29, 1.82) is 0 Å². The zero-order valence-electron chi connectivity index (χ0n) is 16.9. The highest BCUT2D eigenvalue weighted by Crippen LogP contribution is 2.33. The van der Waals surface area contributed by atoms with E-state index in [0.29, 0.717) is 34.7 Å². The van der Waals surface area contributed by atoms with Gasteiger partial charge in [0.25, 0.3) is 5.91 Å². The molecule has 0 spiro atoms. The number of fused-ring (bicyclic) bond motifs is 4. The molecule has 1 unspecified atom stereocenters. The van der Waals surface area contributed by atoms with Gasteiger partial charge in [-0.2, -0.15) is 0 Å². The molecule has 32 heavy (non-hydrogen) atoms. The van der Waals surface area contributed by atoms with E-state index in [4.69, 9.17) is 13.9 Å². The summed E-state index contributed by atoms with van der Waals surface area (Å²) in [4.78, 5) is 33.0. The smallest absolute Gasteiger partial charge is 0.316 e. The van der Waals surface area contributed by atoms with Gasteiger partial charge in [0.2, 0.25) is 0 Å². The van der Waals surface area contributed by atoms with Crippen molar-refractivity contribution in [1.82, 2.24) is 15.3 Å².